The van der Waals surface area contributed by atoms with Crippen molar-refractivity contribution in [3.05, 3.63) is 47.5 Å². The van der Waals surface area contributed by atoms with Gasteiger partial charge in [0.25, 0.3) is 0 Å². The van der Waals surface area contributed by atoms with E-state index >= 15 is 0 Å². The molecule has 2 nitrogen and oxygen atoms in total. The first-order chi connectivity index (χ1) is 7.86. The number of hydrogen-bond acceptors (Lipinski definition) is 2. The predicted octanol–water partition coefficient (Wildman–Crippen LogP) is 2.32. The van der Waals surface area contributed by atoms with Crippen molar-refractivity contribution >= 4 is 0 Å². The fraction of sp³-hybridized carbons (Fsp3) is 0.143. The van der Waals surface area contributed by atoms with Crippen LogP contribution < -0.4 is 0 Å². The molecule has 0 aromatic heterocycles. The van der Waals surface area contributed by atoms with Crippen molar-refractivity contribution in [3.63, 3.8) is 0 Å². The number of fused-ring (bicyclic) bond motifs is 4. The molecule has 80 valence electrons. The highest BCUT2D eigenvalue weighted by atomic mass is 16.3. The molecule has 0 aliphatic heterocycles. The van der Waals surface area contributed by atoms with E-state index in [2.05, 4.69) is 12.1 Å². The quantitative estimate of drug-likeness (QED) is 0.684. The molecule has 0 bridgehead atoms. The maximum Gasteiger partial charge on any atom is 0.0691 e. The van der Waals surface area contributed by atoms with E-state index in [1.807, 2.05) is 24.3 Å². The lowest BCUT2D eigenvalue weighted by Crippen LogP contribution is -2.06. The number of aliphatic hydroxyl groups excluding tert-OH is 2. The van der Waals surface area contributed by atoms with Gasteiger partial charge < -0.3 is 10.2 Å². The molecule has 16 heavy (non-hydrogen) atoms. The average molecular weight is 212 g/mol. The van der Waals surface area contributed by atoms with E-state index in [1.165, 1.54) is 16.7 Å². The number of benzene rings is 2. The van der Waals surface area contributed by atoms with E-state index < -0.39 is 0 Å². The van der Waals surface area contributed by atoms with Crippen molar-refractivity contribution < 1.29 is 10.2 Å². The molecule has 0 radical (unpaired) electrons. The number of aliphatic hydroxyl groups is 2. The van der Waals surface area contributed by atoms with E-state index in [9.17, 15) is 10.2 Å². The lowest BCUT2D eigenvalue weighted by atomic mass is 9.77. The van der Waals surface area contributed by atoms with Crippen LogP contribution in [-0.4, -0.2) is 10.2 Å². The van der Waals surface area contributed by atoms with Crippen LogP contribution in [0.3, 0.4) is 0 Å². The first kappa shape index (κ1) is 9.58. The van der Waals surface area contributed by atoms with Gasteiger partial charge in [-0.3, -0.25) is 0 Å². The predicted molar refractivity (Wildman–Crippen MR) is 62.7 cm³/mol. The molecular formula is C14H12O2. The summed E-state index contributed by atoms with van der Waals surface area (Å²) in [6.45, 7) is -0.0429. The third-order valence-corrected chi connectivity index (χ3v) is 3.22. The molecule has 0 saturated carbocycles. The van der Waals surface area contributed by atoms with E-state index in [-0.39, 0.29) is 13.2 Å². The Bertz CT molecular complexity index is 559. The van der Waals surface area contributed by atoms with Crippen LogP contribution >= 0.6 is 0 Å². The largest absolute Gasteiger partial charge is 0.392 e. The summed E-state index contributed by atoms with van der Waals surface area (Å²) in [7, 11) is 0. The lowest BCUT2D eigenvalue weighted by Gasteiger charge is -2.27. The van der Waals surface area contributed by atoms with E-state index in [1.54, 1.807) is 0 Å². The highest BCUT2D eigenvalue weighted by Crippen LogP contribution is 2.49. The molecular weight excluding hydrogens is 200 g/mol. The van der Waals surface area contributed by atoms with Crippen LogP contribution in [0.2, 0.25) is 0 Å². The van der Waals surface area contributed by atoms with Crippen LogP contribution in [0.4, 0.5) is 0 Å². The molecule has 3 rings (SSSR count). The van der Waals surface area contributed by atoms with Gasteiger partial charge in [-0.25, -0.2) is 0 Å². The molecule has 1 aliphatic rings. The highest BCUT2D eigenvalue weighted by Gasteiger charge is 2.25. The molecule has 0 spiro atoms. The molecule has 2 N–H and O–H groups in total. The number of hydrogen-bond donors (Lipinski definition) is 2. The minimum Gasteiger partial charge on any atom is -0.392 e. The van der Waals surface area contributed by atoms with Crippen molar-refractivity contribution in [2.24, 2.45) is 0 Å². The zero-order valence-corrected chi connectivity index (χ0v) is 8.77. The fourth-order valence-electron chi connectivity index (χ4n) is 2.43. The SMILES string of the molecule is OCc1ccc2c(c1CO)-c1ccccc1-2. The fourth-order valence-corrected chi connectivity index (χ4v) is 2.43. The van der Waals surface area contributed by atoms with Gasteiger partial charge >= 0.3 is 0 Å². The van der Waals surface area contributed by atoms with Crippen LogP contribution in [0.25, 0.3) is 22.3 Å². The minimum atomic E-state index is -0.0225. The molecule has 0 fully saturated rings. The van der Waals surface area contributed by atoms with Gasteiger partial charge in [-0.15, -0.1) is 0 Å². The minimum absolute atomic E-state index is 0.0204. The lowest BCUT2D eigenvalue weighted by molar-refractivity contribution is 0.260. The Hall–Kier alpha value is -1.64. The first-order valence-electron chi connectivity index (χ1n) is 5.33. The Balaban J connectivity index is 2.25. The van der Waals surface area contributed by atoms with Crippen LogP contribution in [0.5, 0.6) is 0 Å². The molecule has 0 amide bonds. The molecule has 2 heteroatoms. The van der Waals surface area contributed by atoms with Gasteiger partial charge in [0.1, 0.15) is 0 Å². The van der Waals surface area contributed by atoms with Crippen molar-refractivity contribution in [1.29, 1.82) is 0 Å². The van der Waals surface area contributed by atoms with Crippen LogP contribution in [0.15, 0.2) is 36.4 Å². The second-order valence-electron chi connectivity index (χ2n) is 3.99. The second-order valence-corrected chi connectivity index (χ2v) is 3.99. The summed E-state index contributed by atoms with van der Waals surface area (Å²) in [5, 5.41) is 18.6. The Morgan fingerprint density at radius 1 is 0.750 bits per heavy atom. The zero-order valence-electron chi connectivity index (χ0n) is 8.77. The van der Waals surface area contributed by atoms with Crippen LogP contribution in [0, 0.1) is 0 Å². The molecule has 0 saturated heterocycles. The Kier molecular flexibility index (Phi) is 2.06. The monoisotopic (exact) mass is 212 g/mol. The summed E-state index contributed by atoms with van der Waals surface area (Å²) >= 11 is 0. The van der Waals surface area contributed by atoms with E-state index in [0.717, 1.165) is 16.7 Å². The molecule has 2 aromatic rings. The summed E-state index contributed by atoms with van der Waals surface area (Å²) in [6.07, 6.45) is 0. The molecule has 2 aromatic carbocycles. The van der Waals surface area contributed by atoms with E-state index in [4.69, 9.17) is 0 Å². The van der Waals surface area contributed by atoms with Crippen molar-refractivity contribution in [2.45, 2.75) is 13.2 Å². The van der Waals surface area contributed by atoms with Crippen molar-refractivity contribution in [2.75, 3.05) is 0 Å². The molecule has 0 atom stereocenters. The third-order valence-electron chi connectivity index (χ3n) is 3.22. The van der Waals surface area contributed by atoms with Gasteiger partial charge in [0, 0.05) is 0 Å². The summed E-state index contributed by atoms with van der Waals surface area (Å²) in [5.41, 5.74) is 6.37. The van der Waals surface area contributed by atoms with Crippen LogP contribution in [0.1, 0.15) is 11.1 Å². The second kappa shape index (κ2) is 3.44. The molecule has 1 aliphatic carbocycles. The highest BCUT2D eigenvalue weighted by molar-refractivity contribution is 6.04. The Labute approximate surface area is 93.8 Å². The third kappa shape index (κ3) is 1.08. The van der Waals surface area contributed by atoms with Gasteiger partial charge in [-0.2, -0.15) is 0 Å². The summed E-state index contributed by atoms with van der Waals surface area (Å²) in [6, 6.07) is 12.0. The summed E-state index contributed by atoms with van der Waals surface area (Å²) < 4.78 is 0. The standard InChI is InChI=1S/C14H12O2/c15-7-9-5-6-12-10-3-1-2-4-11(10)14(12)13(9)8-16/h1-6,15-16H,7-8H2. The Morgan fingerprint density at radius 3 is 2.19 bits per heavy atom. The zero-order chi connectivity index (χ0) is 11.1. The van der Waals surface area contributed by atoms with Gasteiger partial charge in [-0.1, -0.05) is 36.4 Å². The van der Waals surface area contributed by atoms with Crippen molar-refractivity contribution in [3.8, 4) is 22.3 Å². The van der Waals surface area contributed by atoms with Gasteiger partial charge in [-0.05, 0) is 33.4 Å². The van der Waals surface area contributed by atoms with Crippen LogP contribution in [-0.2, 0) is 13.2 Å². The molecule has 0 heterocycles. The number of rotatable bonds is 2. The maximum atomic E-state index is 9.40. The average Bonchev–Trinajstić information content (AvgIpc) is 2.34. The summed E-state index contributed by atoms with van der Waals surface area (Å²) in [5.74, 6) is 0. The summed E-state index contributed by atoms with van der Waals surface area (Å²) in [4.78, 5) is 0. The van der Waals surface area contributed by atoms with Gasteiger partial charge in [0.15, 0.2) is 0 Å². The topological polar surface area (TPSA) is 40.5 Å². The normalized spacial score (nSPS) is 11.6. The molecule has 0 unspecified atom stereocenters. The Morgan fingerprint density at radius 2 is 1.50 bits per heavy atom. The van der Waals surface area contributed by atoms with Gasteiger partial charge in [0.2, 0.25) is 0 Å². The first-order valence-corrected chi connectivity index (χ1v) is 5.33. The van der Waals surface area contributed by atoms with Gasteiger partial charge in [0.05, 0.1) is 13.2 Å². The van der Waals surface area contributed by atoms with Crippen molar-refractivity contribution in [1.82, 2.24) is 0 Å². The smallest absolute Gasteiger partial charge is 0.0691 e. The van der Waals surface area contributed by atoms with E-state index in [0.29, 0.717) is 0 Å². The maximum absolute atomic E-state index is 9.40.